The van der Waals surface area contributed by atoms with Crippen molar-refractivity contribution in [3.05, 3.63) is 23.5 Å². The van der Waals surface area contributed by atoms with Crippen LogP contribution in [0.15, 0.2) is 23.5 Å². The fourth-order valence-electron chi connectivity index (χ4n) is 1.10. The topological polar surface area (TPSA) is 45.0 Å². The molecule has 0 fully saturated rings. The molecule has 1 aliphatic heterocycles. The molecule has 12 heavy (non-hydrogen) atoms. The van der Waals surface area contributed by atoms with E-state index in [1.807, 2.05) is 19.9 Å². The van der Waals surface area contributed by atoms with Crippen molar-refractivity contribution in [2.45, 2.75) is 19.4 Å². The third-order valence-corrected chi connectivity index (χ3v) is 2.28. The summed E-state index contributed by atoms with van der Waals surface area (Å²) in [6.45, 7) is 3.82. The van der Waals surface area contributed by atoms with Crippen LogP contribution >= 0.6 is 0 Å². The number of rotatable bonds is 1. The maximum Gasteiger partial charge on any atom is 0.119 e. The van der Waals surface area contributed by atoms with Crippen molar-refractivity contribution in [2.24, 2.45) is 0 Å². The Morgan fingerprint density at radius 3 is 2.83 bits per heavy atom. The maximum atomic E-state index is 8.73. The Hall–Kier alpha value is -1.27. The summed E-state index contributed by atoms with van der Waals surface area (Å²) in [4.78, 5) is 0. The molecule has 1 atom stereocenters. The van der Waals surface area contributed by atoms with Crippen molar-refractivity contribution in [1.82, 2.24) is 5.32 Å². The average Bonchev–Trinajstić information content (AvgIpc) is 2.10. The molecule has 64 valence electrons. The van der Waals surface area contributed by atoms with E-state index in [0.29, 0.717) is 5.70 Å². The van der Waals surface area contributed by atoms with E-state index in [1.165, 1.54) is 0 Å². The third-order valence-electron chi connectivity index (χ3n) is 2.28. The first-order valence-electron chi connectivity index (χ1n) is 3.75. The minimum absolute atomic E-state index is 0.434. The minimum atomic E-state index is -0.434. The van der Waals surface area contributed by atoms with Crippen LogP contribution < -0.4 is 5.32 Å². The summed E-state index contributed by atoms with van der Waals surface area (Å²) in [6, 6.07) is 2.08. The highest BCUT2D eigenvalue weighted by atomic mass is 16.5. The highest BCUT2D eigenvalue weighted by Crippen LogP contribution is 2.26. The van der Waals surface area contributed by atoms with E-state index in [4.69, 9.17) is 10.00 Å². The second-order valence-electron chi connectivity index (χ2n) is 2.90. The number of nitrogens with one attached hydrogen (secondary N) is 1. The largest absolute Gasteiger partial charge is 0.370 e. The highest BCUT2D eigenvalue weighted by Gasteiger charge is 2.27. The highest BCUT2D eigenvalue weighted by molar-refractivity contribution is 5.38. The molecule has 0 aromatic heterocycles. The molecule has 1 heterocycles. The summed E-state index contributed by atoms with van der Waals surface area (Å²) in [7, 11) is 1.63. The zero-order valence-electron chi connectivity index (χ0n) is 7.51. The predicted octanol–water partition coefficient (Wildman–Crippen LogP) is 1.31. The lowest BCUT2D eigenvalue weighted by atomic mass is 9.93. The molecule has 0 aromatic rings. The standard InChI is InChI=1S/C9H12N2O/c1-7-8(6-10)11-5-4-9(7,2)12-3/h4-5,11H,1-3H3. The van der Waals surface area contributed by atoms with E-state index in [-0.39, 0.29) is 0 Å². The summed E-state index contributed by atoms with van der Waals surface area (Å²) >= 11 is 0. The first kappa shape index (κ1) is 8.82. The van der Waals surface area contributed by atoms with Crippen LogP contribution in [0.25, 0.3) is 0 Å². The van der Waals surface area contributed by atoms with Crippen LogP contribution in [0.1, 0.15) is 13.8 Å². The molecule has 0 aliphatic carbocycles. The average molecular weight is 164 g/mol. The molecule has 0 bridgehead atoms. The Kier molecular flexibility index (Phi) is 2.20. The molecule has 1 N–H and O–H groups in total. The monoisotopic (exact) mass is 164 g/mol. The quantitative estimate of drug-likeness (QED) is 0.635. The van der Waals surface area contributed by atoms with E-state index in [2.05, 4.69) is 11.4 Å². The molecular weight excluding hydrogens is 152 g/mol. The van der Waals surface area contributed by atoms with Crippen molar-refractivity contribution < 1.29 is 4.74 Å². The van der Waals surface area contributed by atoms with Crippen LogP contribution in [0.4, 0.5) is 0 Å². The predicted molar refractivity (Wildman–Crippen MR) is 46.0 cm³/mol. The summed E-state index contributed by atoms with van der Waals surface area (Å²) in [5, 5.41) is 11.6. The number of hydrogen-bond acceptors (Lipinski definition) is 3. The zero-order valence-corrected chi connectivity index (χ0v) is 7.51. The Balaban J connectivity index is 3.07. The van der Waals surface area contributed by atoms with Crippen LogP contribution in [-0.4, -0.2) is 12.7 Å². The lowest BCUT2D eigenvalue weighted by Crippen LogP contribution is -2.32. The van der Waals surface area contributed by atoms with Crippen LogP contribution in [0.5, 0.6) is 0 Å². The molecular formula is C9H12N2O. The van der Waals surface area contributed by atoms with Gasteiger partial charge in [0.2, 0.25) is 0 Å². The van der Waals surface area contributed by atoms with Crippen molar-refractivity contribution >= 4 is 0 Å². The van der Waals surface area contributed by atoms with Gasteiger partial charge in [0.25, 0.3) is 0 Å². The van der Waals surface area contributed by atoms with Crippen molar-refractivity contribution in [2.75, 3.05) is 7.11 Å². The molecule has 0 saturated carbocycles. The van der Waals surface area contributed by atoms with E-state index >= 15 is 0 Å². The van der Waals surface area contributed by atoms with Gasteiger partial charge in [-0.05, 0) is 25.5 Å². The SMILES string of the molecule is COC1(C)C=CNC(C#N)=C1C. The molecule has 0 amide bonds. The number of methoxy groups -OCH3 is 1. The van der Waals surface area contributed by atoms with E-state index in [1.54, 1.807) is 13.3 Å². The van der Waals surface area contributed by atoms with Gasteiger partial charge < -0.3 is 10.1 Å². The van der Waals surface area contributed by atoms with Gasteiger partial charge in [-0.2, -0.15) is 5.26 Å². The number of ether oxygens (including phenoxy) is 1. The Morgan fingerprint density at radius 1 is 1.67 bits per heavy atom. The summed E-state index contributed by atoms with van der Waals surface area (Å²) < 4.78 is 5.29. The fourth-order valence-corrected chi connectivity index (χ4v) is 1.10. The molecule has 3 heteroatoms. The van der Waals surface area contributed by atoms with E-state index < -0.39 is 5.60 Å². The molecule has 0 saturated heterocycles. The molecule has 0 aromatic carbocycles. The van der Waals surface area contributed by atoms with Gasteiger partial charge in [-0.3, -0.25) is 0 Å². The zero-order chi connectivity index (χ0) is 9.19. The number of nitrogens with zero attached hydrogens (tertiary/aromatic N) is 1. The van der Waals surface area contributed by atoms with Gasteiger partial charge in [0.05, 0.1) is 0 Å². The van der Waals surface area contributed by atoms with Gasteiger partial charge in [-0.1, -0.05) is 0 Å². The molecule has 1 rings (SSSR count). The first-order chi connectivity index (χ1) is 5.64. The fraction of sp³-hybridized carbons (Fsp3) is 0.444. The van der Waals surface area contributed by atoms with Gasteiger partial charge in [-0.25, -0.2) is 0 Å². The molecule has 0 spiro atoms. The Morgan fingerprint density at radius 2 is 2.33 bits per heavy atom. The normalized spacial score (nSPS) is 28.2. The smallest absolute Gasteiger partial charge is 0.119 e. The van der Waals surface area contributed by atoms with Gasteiger partial charge in [0.15, 0.2) is 0 Å². The number of allylic oxidation sites excluding steroid dienone is 1. The van der Waals surface area contributed by atoms with E-state index in [0.717, 1.165) is 5.57 Å². The van der Waals surface area contributed by atoms with Crippen molar-refractivity contribution in [3.63, 3.8) is 0 Å². The molecule has 1 aliphatic rings. The van der Waals surface area contributed by atoms with Crippen LogP contribution in [-0.2, 0) is 4.74 Å². The van der Waals surface area contributed by atoms with Crippen molar-refractivity contribution in [1.29, 1.82) is 5.26 Å². The lowest BCUT2D eigenvalue weighted by molar-refractivity contribution is 0.0776. The molecule has 0 radical (unpaired) electrons. The number of dihydropyridines is 1. The Labute approximate surface area is 72.3 Å². The van der Waals surface area contributed by atoms with Gasteiger partial charge in [-0.15, -0.1) is 0 Å². The third kappa shape index (κ3) is 1.21. The van der Waals surface area contributed by atoms with Gasteiger partial charge in [0, 0.05) is 13.3 Å². The summed E-state index contributed by atoms with van der Waals surface area (Å²) in [6.07, 6.45) is 3.62. The summed E-state index contributed by atoms with van der Waals surface area (Å²) in [5.74, 6) is 0. The van der Waals surface area contributed by atoms with E-state index in [9.17, 15) is 0 Å². The Bertz CT molecular complexity index is 285. The number of nitriles is 1. The van der Waals surface area contributed by atoms with Crippen molar-refractivity contribution in [3.8, 4) is 6.07 Å². The summed E-state index contributed by atoms with van der Waals surface area (Å²) in [5.41, 5.74) is 1.05. The van der Waals surface area contributed by atoms with Crippen LogP contribution in [0.2, 0.25) is 0 Å². The lowest BCUT2D eigenvalue weighted by Gasteiger charge is -2.29. The first-order valence-corrected chi connectivity index (χ1v) is 3.75. The molecule has 1 unspecified atom stereocenters. The van der Waals surface area contributed by atoms with Crippen LogP contribution in [0.3, 0.4) is 0 Å². The minimum Gasteiger partial charge on any atom is -0.370 e. The van der Waals surface area contributed by atoms with Crippen LogP contribution in [0, 0.1) is 11.3 Å². The second-order valence-corrected chi connectivity index (χ2v) is 2.90. The van der Waals surface area contributed by atoms with Gasteiger partial charge >= 0.3 is 0 Å². The second kappa shape index (κ2) is 3.00. The molecule has 3 nitrogen and oxygen atoms in total. The maximum absolute atomic E-state index is 8.73. The van der Waals surface area contributed by atoms with Gasteiger partial charge in [0.1, 0.15) is 17.4 Å². The number of hydrogen-bond donors (Lipinski definition) is 1.